The van der Waals surface area contributed by atoms with Crippen molar-refractivity contribution in [3.8, 4) is 22.5 Å². The zero-order valence-electron chi connectivity index (χ0n) is 19.5. The van der Waals surface area contributed by atoms with Gasteiger partial charge in [0, 0.05) is 11.6 Å². The number of tetrazole rings is 1. The Morgan fingerprint density at radius 1 is 0.886 bits per heavy atom. The standard InChI is InChI=1S/C26H29N5O4/c32-26(27-20-9-5-2-6-10-20)35-22-16-34-23-21(15-33-24(22)23)31-25(28-29-30-31)19-13-11-18(12-14-19)17-7-3-1-4-8-17/h1,3-4,7-8,11-14,20-24H,2,5-6,9-10,15-16H2,(H,27,32)/t21-,22-,23-,24+/m1/s1. The molecule has 2 aromatic carbocycles. The van der Waals surface area contributed by atoms with Crippen LogP contribution < -0.4 is 5.32 Å². The topological polar surface area (TPSA) is 100 Å². The van der Waals surface area contributed by atoms with E-state index in [1.54, 1.807) is 4.68 Å². The van der Waals surface area contributed by atoms with Crippen LogP contribution in [-0.4, -0.2) is 63.9 Å². The molecule has 6 rings (SSSR count). The third-order valence-electron chi connectivity index (χ3n) is 7.22. The molecule has 0 unspecified atom stereocenters. The summed E-state index contributed by atoms with van der Waals surface area (Å²) in [6, 6.07) is 18.4. The van der Waals surface area contributed by atoms with Gasteiger partial charge in [-0.05, 0) is 34.4 Å². The number of alkyl carbamates (subject to hydrolysis) is 1. The second-order valence-corrected chi connectivity index (χ2v) is 9.48. The summed E-state index contributed by atoms with van der Waals surface area (Å²) in [6.07, 6.45) is 4.09. The lowest BCUT2D eigenvalue weighted by atomic mass is 9.96. The van der Waals surface area contributed by atoms with Gasteiger partial charge in [-0.1, -0.05) is 73.9 Å². The highest BCUT2D eigenvalue weighted by Gasteiger charge is 2.51. The van der Waals surface area contributed by atoms with E-state index < -0.39 is 6.10 Å². The monoisotopic (exact) mass is 475 g/mol. The van der Waals surface area contributed by atoms with Crippen LogP contribution >= 0.6 is 0 Å². The van der Waals surface area contributed by atoms with Gasteiger partial charge in [-0.15, -0.1) is 5.10 Å². The Morgan fingerprint density at radius 2 is 1.60 bits per heavy atom. The summed E-state index contributed by atoms with van der Waals surface area (Å²) in [4.78, 5) is 12.5. The number of aromatic nitrogens is 4. The van der Waals surface area contributed by atoms with E-state index in [1.807, 2.05) is 30.3 Å². The third-order valence-corrected chi connectivity index (χ3v) is 7.22. The van der Waals surface area contributed by atoms with Crippen LogP contribution in [0.1, 0.15) is 38.1 Å². The maximum Gasteiger partial charge on any atom is 0.407 e. The van der Waals surface area contributed by atoms with Gasteiger partial charge in [0.05, 0.1) is 13.2 Å². The van der Waals surface area contributed by atoms with Crippen LogP contribution in [0.25, 0.3) is 22.5 Å². The number of carbonyl (C=O) groups is 1. The maximum atomic E-state index is 12.5. The molecule has 2 saturated heterocycles. The van der Waals surface area contributed by atoms with E-state index in [-0.39, 0.29) is 30.4 Å². The molecule has 35 heavy (non-hydrogen) atoms. The molecule has 3 aromatic rings. The van der Waals surface area contributed by atoms with Crippen LogP contribution in [0.5, 0.6) is 0 Å². The molecule has 182 valence electrons. The molecule has 0 spiro atoms. The molecule has 0 radical (unpaired) electrons. The smallest absolute Gasteiger partial charge is 0.407 e. The molecule has 1 aliphatic carbocycles. The average molecular weight is 476 g/mol. The number of nitrogens with zero attached hydrogens (tertiary/aromatic N) is 4. The lowest BCUT2D eigenvalue weighted by Gasteiger charge is -2.24. The minimum atomic E-state index is -0.446. The SMILES string of the molecule is O=C(NC1CCCCC1)O[C@@H]1CO[C@H]2[C@H]1OC[C@H]2n1nnnc1-c1ccc(-c2ccccc2)cc1. The Kier molecular flexibility index (Phi) is 6.18. The molecule has 3 aliphatic rings. The first-order valence-corrected chi connectivity index (χ1v) is 12.4. The first kappa shape index (κ1) is 22.2. The minimum Gasteiger partial charge on any atom is -0.441 e. The van der Waals surface area contributed by atoms with E-state index in [2.05, 4.69) is 45.1 Å². The number of amides is 1. The minimum absolute atomic E-state index is 0.198. The lowest BCUT2D eigenvalue weighted by Crippen LogP contribution is -2.41. The van der Waals surface area contributed by atoms with Crippen molar-refractivity contribution in [1.29, 1.82) is 0 Å². The number of rotatable bonds is 5. The van der Waals surface area contributed by atoms with Crippen molar-refractivity contribution in [2.75, 3.05) is 13.2 Å². The summed E-state index contributed by atoms with van der Waals surface area (Å²) in [5, 5.41) is 15.5. The molecule has 0 bridgehead atoms. The van der Waals surface area contributed by atoms with Crippen LogP contribution in [0.3, 0.4) is 0 Å². The van der Waals surface area contributed by atoms with Crippen molar-refractivity contribution in [1.82, 2.24) is 25.5 Å². The highest BCUT2D eigenvalue weighted by Crippen LogP contribution is 2.37. The van der Waals surface area contributed by atoms with E-state index in [0.717, 1.165) is 42.4 Å². The molecule has 4 atom stereocenters. The summed E-state index contributed by atoms with van der Waals surface area (Å²) in [7, 11) is 0. The quantitative estimate of drug-likeness (QED) is 0.599. The molecule has 3 heterocycles. The largest absolute Gasteiger partial charge is 0.441 e. The van der Waals surface area contributed by atoms with Crippen molar-refractivity contribution in [3.05, 3.63) is 54.6 Å². The van der Waals surface area contributed by atoms with Crippen molar-refractivity contribution in [2.45, 2.75) is 62.5 Å². The molecule has 2 aliphatic heterocycles. The van der Waals surface area contributed by atoms with E-state index in [0.29, 0.717) is 19.0 Å². The van der Waals surface area contributed by atoms with Gasteiger partial charge in [0.2, 0.25) is 0 Å². The highest BCUT2D eigenvalue weighted by atomic mass is 16.6. The molecule has 1 N–H and O–H groups in total. The summed E-state index contributed by atoms with van der Waals surface area (Å²) >= 11 is 0. The Morgan fingerprint density at radius 3 is 2.40 bits per heavy atom. The van der Waals surface area contributed by atoms with Gasteiger partial charge in [-0.25, -0.2) is 9.48 Å². The normalized spacial score (nSPS) is 26.4. The zero-order chi connectivity index (χ0) is 23.6. The van der Waals surface area contributed by atoms with Gasteiger partial charge in [0.1, 0.15) is 18.2 Å². The molecule has 1 saturated carbocycles. The van der Waals surface area contributed by atoms with Crippen molar-refractivity contribution in [3.63, 3.8) is 0 Å². The van der Waals surface area contributed by atoms with Crippen LogP contribution in [-0.2, 0) is 14.2 Å². The van der Waals surface area contributed by atoms with Crippen LogP contribution in [0.2, 0.25) is 0 Å². The maximum absolute atomic E-state index is 12.5. The first-order chi connectivity index (χ1) is 17.3. The average Bonchev–Trinajstić information content (AvgIpc) is 3.63. The van der Waals surface area contributed by atoms with Gasteiger partial charge >= 0.3 is 6.09 Å². The highest BCUT2D eigenvalue weighted by molar-refractivity contribution is 5.68. The van der Waals surface area contributed by atoms with Gasteiger partial charge in [-0.2, -0.15) is 0 Å². The van der Waals surface area contributed by atoms with Gasteiger partial charge in [-0.3, -0.25) is 0 Å². The van der Waals surface area contributed by atoms with Crippen LogP contribution in [0, 0.1) is 0 Å². The van der Waals surface area contributed by atoms with Gasteiger partial charge in [0.15, 0.2) is 11.9 Å². The number of ether oxygens (including phenoxy) is 3. The van der Waals surface area contributed by atoms with Crippen LogP contribution in [0.15, 0.2) is 54.6 Å². The van der Waals surface area contributed by atoms with Crippen molar-refractivity contribution in [2.24, 2.45) is 0 Å². The summed E-state index contributed by atoms with van der Waals surface area (Å²) < 4.78 is 19.5. The number of hydrogen-bond acceptors (Lipinski definition) is 7. The number of nitrogens with one attached hydrogen (secondary N) is 1. The summed E-state index contributed by atoms with van der Waals surface area (Å²) in [5.74, 6) is 0.655. The molecule has 1 aromatic heterocycles. The predicted molar refractivity (Wildman–Crippen MR) is 127 cm³/mol. The van der Waals surface area contributed by atoms with Crippen LogP contribution in [0.4, 0.5) is 4.79 Å². The van der Waals surface area contributed by atoms with E-state index >= 15 is 0 Å². The van der Waals surface area contributed by atoms with Crippen molar-refractivity contribution < 1.29 is 19.0 Å². The summed E-state index contributed by atoms with van der Waals surface area (Å²) in [6.45, 7) is 0.687. The van der Waals surface area contributed by atoms with E-state index in [1.165, 1.54) is 6.42 Å². The zero-order valence-corrected chi connectivity index (χ0v) is 19.5. The third kappa shape index (κ3) is 4.53. The molecule has 3 fully saturated rings. The Hall–Kier alpha value is -3.30. The Labute approximate surface area is 203 Å². The Balaban J connectivity index is 1.13. The number of hydrogen-bond donors (Lipinski definition) is 1. The predicted octanol–water partition coefficient (Wildman–Crippen LogP) is 3.77. The number of benzene rings is 2. The first-order valence-electron chi connectivity index (χ1n) is 12.4. The number of carbonyl (C=O) groups excluding carboxylic acids is 1. The molecule has 9 heteroatoms. The molecule has 1 amide bonds. The lowest BCUT2D eigenvalue weighted by molar-refractivity contribution is 0.00174. The number of fused-ring (bicyclic) bond motifs is 1. The second kappa shape index (κ2) is 9.75. The molecular weight excluding hydrogens is 446 g/mol. The van der Waals surface area contributed by atoms with E-state index in [9.17, 15) is 4.79 Å². The van der Waals surface area contributed by atoms with Gasteiger partial charge < -0.3 is 19.5 Å². The molecule has 9 nitrogen and oxygen atoms in total. The fraction of sp³-hybridized carbons (Fsp3) is 0.462. The second-order valence-electron chi connectivity index (χ2n) is 9.48. The molecular formula is C26H29N5O4. The van der Waals surface area contributed by atoms with E-state index in [4.69, 9.17) is 14.2 Å². The fourth-order valence-electron chi connectivity index (χ4n) is 5.39. The Bertz CT molecular complexity index is 1150. The van der Waals surface area contributed by atoms with Gasteiger partial charge in [0.25, 0.3) is 0 Å². The summed E-state index contributed by atoms with van der Waals surface area (Å²) in [5.41, 5.74) is 3.20. The fourth-order valence-corrected chi connectivity index (χ4v) is 5.39. The van der Waals surface area contributed by atoms with Crippen molar-refractivity contribution >= 4 is 6.09 Å².